The number of rotatable bonds is 4. The van der Waals surface area contributed by atoms with Crippen molar-refractivity contribution in [2.75, 3.05) is 6.54 Å². The van der Waals surface area contributed by atoms with Crippen molar-refractivity contribution in [3.8, 4) is 5.75 Å². The normalized spacial score (nSPS) is 13.8. The fraction of sp³-hybridized carbons (Fsp3) is 0.118. The number of para-hydroxylation sites is 1. The Morgan fingerprint density at radius 1 is 1.00 bits per heavy atom. The summed E-state index contributed by atoms with van der Waals surface area (Å²) in [4.78, 5) is 11.3. The summed E-state index contributed by atoms with van der Waals surface area (Å²) in [5, 5.41) is 2.78. The standard InChI is InChI=1S/C17H15NO2/c19-17-10-14(11-18-17)15-8-4-5-9-16(15)20-12-13-6-2-1-3-7-13/h1-10H,11-12H2,(H,18,19). The smallest absolute Gasteiger partial charge is 0.244 e. The Labute approximate surface area is 117 Å². The number of amides is 1. The molecule has 20 heavy (non-hydrogen) atoms. The van der Waals surface area contributed by atoms with Crippen molar-refractivity contribution in [3.05, 3.63) is 71.8 Å². The second-order valence-electron chi connectivity index (χ2n) is 4.66. The Kier molecular flexibility index (Phi) is 3.50. The molecule has 0 aromatic heterocycles. The van der Waals surface area contributed by atoms with Gasteiger partial charge in [-0.2, -0.15) is 0 Å². The lowest BCUT2D eigenvalue weighted by molar-refractivity contribution is -0.115. The molecule has 0 unspecified atom stereocenters. The van der Waals surface area contributed by atoms with E-state index in [4.69, 9.17) is 4.74 Å². The van der Waals surface area contributed by atoms with Crippen LogP contribution in [0.5, 0.6) is 5.75 Å². The van der Waals surface area contributed by atoms with Crippen LogP contribution in [0.3, 0.4) is 0 Å². The molecule has 0 fully saturated rings. The predicted octanol–water partition coefficient (Wildman–Crippen LogP) is 2.78. The van der Waals surface area contributed by atoms with E-state index in [2.05, 4.69) is 5.32 Å². The Bertz CT molecular complexity index is 647. The largest absolute Gasteiger partial charge is 0.488 e. The van der Waals surface area contributed by atoms with Crippen LogP contribution in [0.2, 0.25) is 0 Å². The zero-order valence-electron chi connectivity index (χ0n) is 11.0. The monoisotopic (exact) mass is 265 g/mol. The quantitative estimate of drug-likeness (QED) is 0.923. The van der Waals surface area contributed by atoms with Crippen molar-refractivity contribution < 1.29 is 9.53 Å². The molecule has 3 heteroatoms. The molecule has 100 valence electrons. The number of hydrogen-bond donors (Lipinski definition) is 1. The van der Waals surface area contributed by atoms with Crippen molar-refractivity contribution in [3.63, 3.8) is 0 Å². The zero-order valence-corrected chi connectivity index (χ0v) is 11.0. The van der Waals surface area contributed by atoms with E-state index >= 15 is 0 Å². The predicted molar refractivity (Wildman–Crippen MR) is 78.2 cm³/mol. The van der Waals surface area contributed by atoms with Crippen LogP contribution in [-0.4, -0.2) is 12.5 Å². The lowest BCUT2D eigenvalue weighted by Gasteiger charge is -2.12. The van der Waals surface area contributed by atoms with Gasteiger partial charge in [-0.3, -0.25) is 4.79 Å². The maximum absolute atomic E-state index is 11.3. The van der Waals surface area contributed by atoms with Gasteiger partial charge in [-0.1, -0.05) is 48.5 Å². The molecule has 0 saturated carbocycles. The molecule has 1 aliphatic heterocycles. The maximum Gasteiger partial charge on any atom is 0.244 e. The van der Waals surface area contributed by atoms with Crippen molar-refractivity contribution in [1.82, 2.24) is 5.32 Å². The molecule has 0 atom stereocenters. The van der Waals surface area contributed by atoms with Gasteiger partial charge in [-0.25, -0.2) is 0 Å². The highest BCUT2D eigenvalue weighted by Crippen LogP contribution is 2.27. The molecule has 2 aromatic carbocycles. The number of nitrogens with one attached hydrogen (secondary N) is 1. The number of hydrogen-bond acceptors (Lipinski definition) is 2. The van der Waals surface area contributed by atoms with E-state index in [0.717, 1.165) is 22.4 Å². The highest BCUT2D eigenvalue weighted by molar-refractivity contribution is 6.01. The summed E-state index contributed by atoms with van der Waals surface area (Å²) in [6, 6.07) is 17.8. The number of carbonyl (C=O) groups excluding carboxylic acids is 1. The molecule has 0 spiro atoms. The van der Waals surface area contributed by atoms with Crippen LogP contribution in [0.15, 0.2) is 60.7 Å². The molecular formula is C17H15NO2. The fourth-order valence-corrected chi connectivity index (χ4v) is 2.21. The molecule has 1 amide bonds. The van der Waals surface area contributed by atoms with Crippen LogP contribution >= 0.6 is 0 Å². The van der Waals surface area contributed by atoms with E-state index in [1.807, 2.05) is 54.6 Å². The lowest BCUT2D eigenvalue weighted by Crippen LogP contribution is -2.14. The fourth-order valence-electron chi connectivity index (χ4n) is 2.21. The van der Waals surface area contributed by atoms with Gasteiger partial charge in [0.1, 0.15) is 12.4 Å². The molecule has 0 aliphatic carbocycles. The first kappa shape index (κ1) is 12.5. The Balaban J connectivity index is 1.80. The molecule has 0 radical (unpaired) electrons. The highest BCUT2D eigenvalue weighted by atomic mass is 16.5. The molecule has 1 aliphatic rings. The third kappa shape index (κ3) is 2.72. The van der Waals surface area contributed by atoms with Crippen molar-refractivity contribution in [1.29, 1.82) is 0 Å². The molecule has 1 N–H and O–H groups in total. The van der Waals surface area contributed by atoms with Crippen molar-refractivity contribution in [2.45, 2.75) is 6.61 Å². The van der Waals surface area contributed by atoms with E-state index in [1.165, 1.54) is 0 Å². The van der Waals surface area contributed by atoms with Crippen LogP contribution in [0.1, 0.15) is 11.1 Å². The summed E-state index contributed by atoms with van der Waals surface area (Å²) >= 11 is 0. The van der Waals surface area contributed by atoms with Gasteiger partial charge in [-0.05, 0) is 17.2 Å². The molecule has 3 nitrogen and oxygen atoms in total. The first-order valence-corrected chi connectivity index (χ1v) is 6.57. The van der Waals surface area contributed by atoms with Crippen LogP contribution in [0.4, 0.5) is 0 Å². The van der Waals surface area contributed by atoms with E-state index in [1.54, 1.807) is 6.08 Å². The number of ether oxygens (including phenoxy) is 1. The average Bonchev–Trinajstić information content (AvgIpc) is 2.93. The van der Waals surface area contributed by atoms with Gasteiger partial charge in [0.15, 0.2) is 0 Å². The second kappa shape index (κ2) is 5.61. The Hall–Kier alpha value is -2.55. The highest BCUT2D eigenvalue weighted by Gasteiger charge is 2.15. The second-order valence-corrected chi connectivity index (χ2v) is 4.66. The van der Waals surface area contributed by atoms with Crippen molar-refractivity contribution in [2.24, 2.45) is 0 Å². The first-order chi connectivity index (χ1) is 9.83. The Morgan fingerprint density at radius 2 is 1.75 bits per heavy atom. The SMILES string of the molecule is O=C1C=C(c2ccccc2OCc2ccccc2)CN1. The van der Waals surface area contributed by atoms with Gasteiger partial charge in [-0.15, -0.1) is 0 Å². The summed E-state index contributed by atoms with van der Waals surface area (Å²) in [6.45, 7) is 1.08. The number of benzene rings is 2. The van der Waals surface area contributed by atoms with Crippen molar-refractivity contribution >= 4 is 11.5 Å². The van der Waals surface area contributed by atoms with Crippen LogP contribution in [-0.2, 0) is 11.4 Å². The summed E-state index contributed by atoms with van der Waals surface area (Å²) in [7, 11) is 0. The molecular weight excluding hydrogens is 250 g/mol. The van der Waals surface area contributed by atoms with Crippen LogP contribution in [0, 0.1) is 0 Å². The topological polar surface area (TPSA) is 38.3 Å². The van der Waals surface area contributed by atoms with Gasteiger partial charge in [0.25, 0.3) is 0 Å². The molecule has 1 heterocycles. The summed E-state index contributed by atoms with van der Waals surface area (Å²) in [5.41, 5.74) is 3.07. The molecule has 0 bridgehead atoms. The van der Waals surface area contributed by atoms with E-state index in [-0.39, 0.29) is 5.91 Å². The van der Waals surface area contributed by atoms with Crippen LogP contribution < -0.4 is 10.1 Å². The molecule has 2 aromatic rings. The van der Waals surface area contributed by atoms with Gasteiger partial charge in [0, 0.05) is 18.2 Å². The van der Waals surface area contributed by atoms with E-state index in [0.29, 0.717) is 13.2 Å². The van der Waals surface area contributed by atoms with Gasteiger partial charge in [0.05, 0.1) is 0 Å². The average molecular weight is 265 g/mol. The third-order valence-corrected chi connectivity index (χ3v) is 3.23. The lowest BCUT2D eigenvalue weighted by atomic mass is 10.1. The van der Waals surface area contributed by atoms with E-state index < -0.39 is 0 Å². The molecule has 0 saturated heterocycles. The summed E-state index contributed by atoms with van der Waals surface area (Å²) < 4.78 is 5.89. The van der Waals surface area contributed by atoms with Gasteiger partial charge < -0.3 is 10.1 Å². The van der Waals surface area contributed by atoms with Gasteiger partial charge >= 0.3 is 0 Å². The minimum atomic E-state index is -0.0436. The minimum absolute atomic E-state index is 0.0436. The number of carbonyl (C=O) groups is 1. The summed E-state index contributed by atoms with van der Waals surface area (Å²) in [5.74, 6) is 0.761. The van der Waals surface area contributed by atoms with Gasteiger partial charge in [0.2, 0.25) is 5.91 Å². The minimum Gasteiger partial charge on any atom is -0.488 e. The first-order valence-electron chi connectivity index (χ1n) is 6.57. The summed E-state index contributed by atoms with van der Waals surface area (Å²) in [6.07, 6.45) is 1.63. The third-order valence-electron chi connectivity index (χ3n) is 3.23. The maximum atomic E-state index is 11.3. The zero-order chi connectivity index (χ0) is 13.8. The van der Waals surface area contributed by atoms with E-state index in [9.17, 15) is 4.79 Å². The van der Waals surface area contributed by atoms with Crippen LogP contribution in [0.25, 0.3) is 5.57 Å². The molecule has 3 rings (SSSR count). The Morgan fingerprint density at radius 3 is 2.50 bits per heavy atom.